The molecule has 5 rings (SSSR count). The van der Waals surface area contributed by atoms with Crippen LogP contribution in [-0.4, -0.2) is 28.7 Å². The molecule has 23 heavy (non-hydrogen) atoms. The highest BCUT2D eigenvalue weighted by Crippen LogP contribution is 2.62. The molecule has 1 saturated heterocycles. The van der Waals surface area contributed by atoms with Gasteiger partial charge in [-0.25, -0.2) is 0 Å². The van der Waals surface area contributed by atoms with Crippen molar-refractivity contribution < 1.29 is 19.2 Å². The lowest BCUT2D eigenvalue weighted by atomic mass is 9.91. The standard InChI is InChI=1S/C17H16N2O4/c20-6-11-10-5-7-1-2-8-15(9-3-4-12(21)18-17(9)22)19-23-16(8)13(7)14(10)11/h1-2,9-11,14,20H,3-6H2,(H,18,21,22). The molecule has 2 heterocycles. The van der Waals surface area contributed by atoms with Gasteiger partial charge in [0.2, 0.25) is 11.8 Å². The van der Waals surface area contributed by atoms with Crippen LogP contribution < -0.4 is 5.32 Å². The summed E-state index contributed by atoms with van der Waals surface area (Å²) in [5, 5.41) is 16.9. The smallest absolute Gasteiger partial charge is 0.235 e. The van der Waals surface area contributed by atoms with Crippen LogP contribution in [0.3, 0.4) is 0 Å². The molecule has 0 radical (unpaired) electrons. The number of benzene rings is 1. The molecule has 2 aromatic rings. The normalized spacial score (nSPS) is 31.9. The Balaban J connectivity index is 1.60. The van der Waals surface area contributed by atoms with Crippen molar-refractivity contribution in [2.75, 3.05) is 6.61 Å². The second kappa shape index (κ2) is 4.41. The van der Waals surface area contributed by atoms with Gasteiger partial charge in [0, 0.05) is 24.0 Å². The average molecular weight is 312 g/mol. The fourth-order valence-corrected chi connectivity index (χ4v) is 4.49. The molecular formula is C17H16N2O4. The first-order valence-corrected chi connectivity index (χ1v) is 8.04. The molecular weight excluding hydrogens is 296 g/mol. The van der Waals surface area contributed by atoms with Crippen molar-refractivity contribution in [1.29, 1.82) is 0 Å². The third-order valence-electron chi connectivity index (χ3n) is 5.70. The van der Waals surface area contributed by atoms with Gasteiger partial charge in [-0.15, -0.1) is 0 Å². The van der Waals surface area contributed by atoms with Gasteiger partial charge >= 0.3 is 0 Å². The fourth-order valence-electron chi connectivity index (χ4n) is 4.49. The van der Waals surface area contributed by atoms with Crippen LogP contribution in [0.5, 0.6) is 0 Å². The average Bonchev–Trinajstić information content (AvgIpc) is 2.89. The summed E-state index contributed by atoms with van der Waals surface area (Å²) in [4.78, 5) is 23.4. The van der Waals surface area contributed by atoms with Crippen molar-refractivity contribution in [3.8, 4) is 0 Å². The van der Waals surface area contributed by atoms with Crippen LogP contribution in [0.25, 0.3) is 11.0 Å². The molecule has 1 saturated carbocycles. The number of aliphatic hydroxyl groups excluding tert-OH is 1. The van der Waals surface area contributed by atoms with Crippen LogP contribution in [-0.2, 0) is 16.0 Å². The molecule has 1 aromatic heterocycles. The largest absolute Gasteiger partial charge is 0.396 e. The number of amides is 2. The predicted molar refractivity (Wildman–Crippen MR) is 79.6 cm³/mol. The molecule has 2 aliphatic carbocycles. The number of carbonyl (C=O) groups is 2. The second-order valence-corrected chi connectivity index (χ2v) is 6.83. The van der Waals surface area contributed by atoms with Crippen molar-refractivity contribution in [1.82, 2.24) is 10.5 Å². The van der Waals surface area contributed by atoms with Gasteiger partial charge in [0.1, 0.15) is 5.69 Å². The van der Waals surface area contributed by atoms with E-state index in [1.54, 1.807) is 0 Å². The molecule has 4 atom stereocenters. The van der Waals surface area contributed by atoms with E-state index in [0.29, 0.717) is 36.3 Å². The number of nitrogens with zero attached hydrogens (tertiary/aromatic N) is 1. The number of aliphatic hydroxyl groups is 1. The van der Waals surface area contributed by atoms with Crippen molar-refractivity contribution in [3.05, 3.63) is 29.0 Å². The Morgan fingerprint density at radius 2 is 2.22 bits per heavy atom. The van der Waals surface area contributed by atoms with Crippen molar-refractivity contribution in [2.24, 2.45) is 11.8 Å². The van der Waals surface area contributed by atoms with Gasteiger partial charge in [0.25, 0.3) is 0 Å². The zero-order chi connectivity index (χ0) is 15.7. The van der Waals surface area contributed by atoms with Gasteiger partial charge < -0.3 is 9.63 Å². The molecule has 0 bridgehead atoms. The molecule has 1 aromatic carbocycles. The molecule has 1 aliphatic heterocycles. The molecule has 0 spiro atoms. The number of carbonyl (C=O) groups excluding carboxylic acids is 2. The third-order valence-corrected chi connectivity index (χ3v) is 5.70. The number of imide groups is 1. The summed E-state index contributed by atoms with van der Waals surface area (Å²) < 4.78 is 5.61. The van der Waals surface area contributed by atoms with Crippen molar-refractivity contribution in [3.63, 3.8) is 0 Å². The minimum absolute atomic E-state index is 0.208. The Morgan fingerprint density at radius 3 is 3.00 bits per heavy atom. The van der Waals surface area contributed by atoms with Gasteiger partial charge in [0.05, 0.1) is 5.92 Å². The van der Waals surface area contributed by atoms with Crippen LogP contribution >= 0.6 is 0 Å². The first kappa shape index (κ1) is 13.2. The van der Waals surface area contributed by atoms with Gasteiger partial charge in [-0.05, 0) is 42.2 Å². The molecule has 3 aliphatic rings. The van der Waals surface area contributed by atoms with E-state index >= 15 is 0 Å². The molecule has 2 fully saturated rings. The highest BCUT2D eigenvalue weighted by molar-refractivity contribution is 6.02. The molecule has 2 N–H and O–H groups in total. The lowest BCUT2D eigenvalue weighted by Gasteiger charge is -2.18. The Bertz CT molecular complexity index is 856. The van der Waals surface area contributed by atoms with Gasteiger partial charge in [0.15, 0.2) is 5.58 Å². The second-order valence-electron chi connectivity index (χ2n) is 6.83. The topological polar surface area (TPSA) is 92.4 Å². The number of fused-ring (bicyclic) bond motifs is 5. The van der Waals surface area contributed by atoms with Crippen LogP contribution in [0.15, 0.2) is 16.7 Å². The Labute approximate surface area is 131 Å². The van der Waals surface area contributed by atoms with E-state index in [2.05, 4.69) is 16.5 Å². The maximum atomic E-state index is 12.1. The summed E-state index contributed by atoms with van der Waals surface area (Å²) in [6, 6.07) is 4.06. The van der Waals surface area contributed by atoms with Crippen LogP contribution in [0.4, 0.5) is 0 Å². The minimum Gasteiger partial charge on any atom is -0.396 e. The molecule has 2 amide bonds. The van der Waals surface area contributed by atoms with Crippen LogP contribution in [0, 0.1) is 11.8 Å². The van der Waals surface area contributed by atoms with Gasteiger partial charge in [-0.3, -0.25) is 14.9 Å². The molecule has 6 heteroatoms. The van der Waals surface area contributed by atoms with E-state index in [1.165, 1.54) is 5.56 Å². The predicted octanol–water partition coefficient (Wildman–Crippen LogP) is 1.23. The highest BCUT2D eigenvalue weighted by atomic mass is 16.5. The fraction of sp³-hybridized carbons (Fsp3) is 0.471. The number of hydrogen-bond donors (Lipinski definition) is 2. The van der Waals surface area contributed by atoms with E-state index in [-0.39, 0.29) is 18.4 Å². The quantitative estimate of drug-likeness (QED) is 0.814. The molecule has 118 valence electrons. The number of rotatable bonds is 2. The first-order chi connectivity index (χ1) is 11.2. The van der Waals surface area contributed by atoms with Crippen LogP contribution in [0.1, 0.15) is 41.5 Å². The number of piperidine rings is 1. The Hall–Kier alpha value is -2.21. The molecule has 4 unspecified atom stereocenters. The summed E-state index contributed by atoms with van der Waals surface area (Å²) in [5.41, 5.74) is 3.81. The van der Waals surface area contributed by atoms with Crippen LogP contribution in [0.2, 0.25) is 0 Å². The zero-order valence-electron chi connectivity index (χ0n) is 12.4. The van der Waals surface area contributed by atoms with Crippen molar-refractivity contribution in [2.45, 2.75) is 31.1 Å². The van der Waals surface area contributed by atoms with Crippen molar-refractivity contribution >= 4 is 22.8 Å². The highest BCUT2D eigenvalue weighted by Gasteiger charge is 2.56. The van der Waals surface area contributed by atoms with E-state index in [9.17, 15) is 14.7 Å². The van der Waals surface area contributed by atoms with E-state index in [1.807, 2.05) is 6.07 Å². The molecule has 6 nitrogen and oxygen atoms in total. The lowest BCUT2D eigenvalue weighted by molar-refractivity contribution is -0.134. The maximum Gasteiger partial charge on any atom is 0.235 e. The first-order valence-electron chi connectivity index (χ1n) is 8.04. The number of hydrogen-bond acceptors (Lipinski definition) is 5. The third kappa shape index (κ3) is 1.69. The summed E-state index contributed by atoms with van der Waals surface area (Å²) in [6.45, 7) is 0.208. The maximum absolute atomic E-state index is 12.1. The Kier molecular flexibility index (Phi) is 2.54. The summed E-state index contributed by atoms with van der Waals surface area (Å²) >= 11 is 0. The van der Waals surface area contributed by atoms with E-state index in [0.717, 1.165) is 23.0 Å². The summed E-state index contributed by atoms with van der Waals surface area (Å²) in [5.74, 6) is 0.251. The van der Waals surface area contributed by atoms with Gasteiger partial charge in [-0.1, -0.05) is 11.2 Å². The SMILES string of the molecule is O=C1CCC(c2noc3c4c(ccc23)CC2C(CO)C42)C(=O)N1. The summed E-state index contributed by atoms with van der Waals surface area (Å²) in [6.07, 6.45) is 1.78. The summed E-state index contributed by atoms with van der Waals surface area (Å²) in [7, 11) is 0. The lowest BCUT2D eigenvalue weighted by Crippen LogP contribution is -2.39. The van der Waals surface area contributed by atoms with E-state index in [4.69, 9.17) is 4.52 Å². The number of nitrogens with one attached hydrogen (secondary N) is 1. The monoisotopic (exact) mass is 312 g/mol. The Morgan fingerprint density at radius 1 is 1.35 bits per heavy atom. The number of aromatic nitrogens is 1. The van der Waals surface area contributed by atoms with E-state index < -0.39 is 5.92 Å². The minimum atomic E-state index is -0.433. The van der Waals surface area contributed by atoms with Gasteiger partial charge in [-0.2, -0.15) is 0 Å². The zero-order valence-corrected chi connectivity index (χ0v) is 12.4.